The molecule has 1 atom stereocenters. The molecule has 2 saturated heterocycles. The van der Waals surface area contributed by atoms with Gasteiger partial charge in [0.25, 0.3) is 0 Å². The maximum Gasteiger partial charge on any atom is 0.417 e. The van der Waals surface area contributed by atoms with E-state index in [1.807, 2.05) is 17.0 Å². The third-order valence-electron chi connectivity index (χ3n) is 5.89. The standard InChI is InChI=1S/C20H27N3O3/c24-19(13-15-4-6-18-17(12-15)22-20(25)26-18)23-10-7-14(8-11-23)3-5-16-2-1-9-21-16/h4,6,12,14,16,21H,1-3,5,7-11,13H2,(H,22,25)/t16-/m1/s1. The van der Waals surface area contributed by atoms with Gasteiger partial charge in [-0.15, -0.1) is 0 Å². The number of carbonyl (C=O) groups excluding carboxylic acids is 1. The largest absolute Gasteiger partial charge is 0.417 e. The number of likely N-dealkylation sites (tertiary alicyclic amines) is 1. The zero-order valence-electron chi connectivity index (χ0n) is 15.1. The van der Waals surface area contributed by atoms with Gasteiger partial charge < -0.3 is 14.6 Å². The molecular formula is C20H27N3O3. The van der Waals surface area contributed by atoms with Crippen LogP contribution in [-0.4, -0.2) is 41.5 Å². The topological polar surface area (TPSA) is 78.3 Å². The number of benzene rings is 1. The van der Waals surface area contributed by atoms with Gasteiger partial charge in [-0.25, -0.2) is 4.79 Å². The molecular weight excluding hydrogens is 330 g/mol. The zero-order valence-corrected chi connectivity index (χ0v) is 15.1. The molecule has 1 amide bonds. The smallest absolute Gasteiger partial charge is 0.408 e. The molecule has 0 bridgehead atoms. The lowest BCUT2D eigenvalue weighted by Crippen LogP contribution is -2.39. The number of oxazole rings is 1. The Kier molecular flexibility index (Phi) is 5.11. The van der Waals surface area contributed by atoms with Gasteiger partial charge in [-0.1, -0.05) is 6.07 Å². The van der Waals surface area contributed by atoms with Crippen molar-refractivity contribution in [3.05, 3.63) is 34.3 Å². The van der Waals surface area contributed by atoms with Crippen molar-refractivity contribution >= 4 is 17.0 Å². The van der Waals surface area contributed by atoms with Gasteiger partial charge in [0.15, 0.2) is 5.58 Å². The summed E-state index contributed by atoms with van der Waals surface area (Å²) in [5.41, 5.74) is 2.09. The SMILES string of the molecule is O=C(Cc1ccc2oc(=O)[nH]c2c1)N1CCC(CC[C@H]2CCCN2)CC1. The molecule has 6 nitrogen and oxygen atoms in total. The van der Waals surface area contributed by atoms with Crippen LogP contribution in [0.2, 0.25) is 0 Å². The van der Waals surface area contributed by atoms with Crippen molar-refractivity contribution in [1.29, 1.82) is 0 Å². The van der Waals surface area contributed by atoms with Crippen LogP contribution in [0, 0.1) is 5.92 Å². The van der Waals surface area contributed by atoms with Gasteiger partial charge in [-0.2, -0.15) is 0 Å². The Labute approximate surface area is 152 Å². The lowest BCUT2D eigenvalue weighted by molar-refractivity contribution is -0.131. The number of hydrogen-bond donors (Lipinski definition) is 2. The molecule has 26 heavy (non-hydrogen) atoms. The number of carbonyl (C=O) groups is 1. The first kappa shape index (κ1) is 17.3. The molecule has 2 aromatic rings. The number of H-pyrrole nitrogens is 1. The molecule has 0 aliphatic carbocycles. The van der Waals surface area contributed by atoms with Crippen LogP contribution in [0.15, 0.2) is 27.4 Å². The van der Waals surface area contributed by atoms with E-state index in [1.54, 1.807) is 6.07 Å². The predicted octanol–water partition coefficient (Wildman–Crippen LogP) is 2.43. The number of hydrogen-bond acceptors (Lipinski definition) is 4. The number of aromatic amines is 1. The molecule has 0 spiro atoms. The van der Waals surface area contributed by atoms with Crippen LogP contribution in [0.1, 0.15) is 44.1 Å². The van der Waals surface area contributed by atoms with Crippen LogP contribution >= 0.6 is 0 Å². The number of amides is 1. The zero-order chi connectivity index (χ0) is 17.9. The molecule has 2 fully saturated rings. The summed E-state index contributed by atoms with van der Waals surface area (Å²) in [4.78, 5) is 28.5. The minimum absolute atomic E-state index is 0.172. The molecule has 3 heterocycles. The Morgan fingerprint density at radius 3 is 2.81 bits per heavy atom. The molecule has 6 heteroatoms. The molecule has 2 aliphatic heterocycles. The summed E-state index contributed by atoms with van der Waals surface area (Å²) >= 11 is 0. The number of aromatic nitrogens is 1. The van der Waals surface area contributed by atoms with Gasteiger partial charge in [-0.3, -0.25) is 9.78 Å². The number of fused-ring (bicyclic) bond motifs is 1. The molecule has 0 saturated carbocycles. The second kappa shape index (κ2) is 7.66. The molecule has 0 radical (unpaired) electrons. The Bertz CT molecular complexity index is 811. The minimum Gasteiger partial charge on any atom is -0.408 e. The molecule has 0 unspecified atom stereocenters. The summed E-state index contributed by atoms with van der Waals surface area (Å²) in [6, 6.07) is 6.16. The summed E-state index contributed by atoms with van der Waals surface area (Å²) < 4.78 is 5.00. The monoisotopic (exact) mass is 357 g/mol. The van der Waals surface area contributed by atoms with Crippen LogP contribution in [0.3, 0.4) is 0 Å². The van der Waals surface area contributed by atoms with E-state index in [9.17, 15) is 9.59 Å². The molecule has 2 N–H and O–H groups in total. The van der Waals surface area contributed by atoms with Gasteiger partial charge in [0, 0.05) is 19.1 Å². The summed E-state index contributed by atoms with van der Waals surface area (Å²) in [5.74, 6) is 0.471. The molecule has 4 rings (SSSR count). The third-order valence-corrected chi connectivity index (χ3v) is 5.89. The quantitative estimate of drug-likeness (QED) is 0.861. The number of nitrogens with one attached hydrogen (secondary N) is 2. The Hall–Kier alpha value is -2.08. The van der Waals surface area contributed by atoms with Crippen molar-refractivity contribution in [2.45, 2.75) is 51.0 Å². The van der Waals surface area contributed by atoms with Gasteiger partial charge in [0.05, 0.1) is 11.9 Å². The first-order valence-electron chi connectivity index (χ1n) is 9.80. The Balaban J connectivity index is 1.26. The van der Waals surface area contributed by atoms with Crippen LogP contribution < -0.4 is 11.1 Å². The predicted molar refractivity (Wildman–Crippen MR) is 100 cm³/mol. The first-order valence-corrected chi connectivity index (χ1v) is 9.80. The fourth-order valence-corrected chi connectivity index (χ4v) is 4.31. The summed E-state index contributed by atoms with van der Waals surface area (Å²) in [6.07, 6.45) is 7.81. The van der Waals surface area contributed by atoms with Crippen molar-refractivity contribution in [3.63, 3.8) is 0 Å². The van der Waals surface area contributed by atoms with Crippen molar-refractivity contribution in [2.75, 3.05) is 19.6 Å². The van der Waals surface area contributed by atoms with Crippen molar-refractivity contribution in [1.82, 2.24) is 15.2 Å². The first-order chi connectivity index (χ1) is 12.7. The third kappa shape index (κ3) is 4.01. The molecule has 1 aromatic heterocycles. The Morgan fingerprint density at radius 1 is 1.19 bits per heavy atom. The van der Waals surface area contributed by atoms with E-state index < -0.39 is 5.76 Å². The highest BCUT2D eigenvalue weighted by atomic mass is 16.4. The van der Waals surface area contributed by atoms with Gasteiger partial charge in [0.2, 0.25) is 5.91 Å². The minimum atomic E-state index is -0.460. The van der Waals surface area contributed by atoms with E-state index in [0.717, 1.165) is 43.5 Å². The molecule has 2 aliphatic rings. The van der Waals surface area contributed by atoms with E-state index in [-0.39, 0.29) is 5.91 Å². The highest BCUT2D eigenvalue weighted by Crippen LogP contribution is 2.25. The fraction of sp³-hybridized carbons (Fsp3) is 0.600. The number of piperidine rings is 1. The highest BCUT2D eigenvalue weighted by Gasteiger charge is 2.24. The van der Waals surface area contributed by atoms with Gasteiger partial charge >= 0.3 is 5.76 Å². The van der Waals surface area contributed by atoms with Gasteiger partial charge in [-0.05, 0) is 68.7 Å². The lowest BCUT2D eigenvalue weighted by Gasteiger charge is -2.32. The number of nitrogens with zero attached hydrogens (tertiary/aromatic N) is 1. The normalized spacial score (nSPS) is 21.5. The van der Waals surface area contributed by atoms with Crippen molar-refractivity contribution < 1.29 is 9.21 Å². The van der Waals surface area contributed by atoms with Crippen LogP contribution in [0.25, 0.3) is 11.1 Å². The number of rotatable bonds is 5. The van der Waals surface area contributed by atoms with E-state index in [0.29, 0.717) is 17.5 Å². The molecule has 140 valence electrons. The highest BCUT2D eigenvalue weighted by molar-refractivity contribution is 5.81. The van der Waals surface area contributed by atoms with E-state index >= 15 is 0 Å². The lowest BCUT2D eigenvalue weighted by atomic mass is 9.90. The van der Waals surface area contributed by atoms with E-state index in [4.69, 9.17) is 4.42 Å². The second-order valence-corrected chi connectivity index (χ2v) is 7.72. The van der Waals surface area contributed by atoms with Crippen molar-refractivity contribution in [3.8, 4) is 0 Å². The summed E-state index contributed by atoms with van der Waals surface area (Å²) in [5, 5.41) is 3.57. The fourth-order valence-electron chi connectivity index (χ4n) is 4.31. The average Bonchev–Trinajstić information content (AvgIpc) is 3.28. The maximum atomic E-state index is 12.6. The van der Waals surface area contributed by atoms with E-state index in [1.165, 1.54) is 32.2 Å². The van der Waals surface area contributed by atoms with Gasteiger partial charge in [0.1, 0.15) is 0 Å². The van der Waals surface area contributed by atoms with Crippen LogP contribution in [-0.2, 0) is 11.2 Å². The van der Waals surface area contributed by atoms with Crippen molar-refractivity contribution in [2.24, 2.45) is 5.92 Å². The maximum absolute atomic E-state index is 12.6. The average molecular weight is 357 g/mol. The summed E-state index contributed by atoms with van der Waals surface area (Å²) in [6.45, 7) is 2.91. The second-order valence-electron chi connectivity index (χ2n) is 7.72. The van der Waals surface area contributed by atoms with Crippen LogP contribution in [0.5, 0.6) is 0 Å². The summed E-state index contributed by atoms with van der Waals surface area (Å²) in [7, 11) is 0. The van der Waals surface area contributed by atoms with Crippen LogP contribution in [0.4, 0.5) is 0 Å². The Morgan fingerprint density at radius 2 is 2.04 bits per heavy atom. The van der Waals surface area contributed by atoms with E-state index in [2.05, 4.69) is 10.3 Å². The molecule has 1 aromatic carbocycles.